The van der Waals surface area contributed by atoms with Crippen LogP contribution in [0.25, 0.3) is 5.76 Å². The molecule has 8 nitrogen and oxygen atoms in total. The number of aliphatic hydroxyl groups excluding tert-OH is 1. The van der Waals surface area contributed by atoms with Gasteiger partial charge in [0, 0.05) is 54.5 Å². The quantitative estimate of drug-likeness (QED) is 0.357. The Morgan fingerprint density at radius 3 is 2.43 bits per heavy atom. The molecule has 2 aromatic carbocycles. The van der Waals surface area contributed by atoms with Crippen LogP contribution in [-0.4, -0.2) is 78.9 Å². The van der Waals surface area contributed by atoms with E-state index in [0.717, 1.165) is 17.6 Å². The number of likely N-dealkylation sites (tertiary alicyclic amines) is 1. The summed E-state index contributed by atoms with van der Waals surface area (Å²) < 4.78 is 6.20. The predicted octanol–water partition coefficient (Wildman–Crippen LogP) is 2.72. The van der Waals surface area contributed by atoms with Crippen LogP contribution in [0.3, 0.4) is 0 Å². The number of halogens is 1. The second-order valence-electron chi connectivity index (χ2n) is 8.92. The third-order valence-electron chi connectivity index (χ3n) is 7.02. The van der Waals surface area contributed by atoms with Gasteiger partial charge in [-0.3, -0.25) is 19.3 Å². The number of anilines is 1. The highest BCUT2D eigenvalue weighted by Gasteiger charge is 2.66. The summed E-state index contributed by atoms with van der Waals surface area (Å²) in [6.07, 6.45) is 0.576. The number of benzene rings is 2. The van der Waals surface area contributed by atoms with Crippen LogP contribution in [0.1, 0.15) is 17.5 Å². The summed E-state index contributed by atoms with van der Waals surface area (Å²) in [5, 5.41) is 11.4. The number of nitrogens with zero attached hydrogens (tertiary/aromatic N) is 3. The van der Waals surface area contributed by atoms with Crippen LogP contribution >= 0.6 is 15.9 Å². The first-order valence-electron chi connectivity index (χ1n) is 11.6. The first-order valence-corrected chi connectivity index (χ1v) is 12.4. The fourth-order valence-corrected chi connectivity index (χ4v) is 5.56. The van der Waals surface area contributed by atoms with Crippen molar-refractivity contribution in [1.82, 2.24) is 9.80 Å². The number of para-hydroxylation sites is 1. The Hall–Kier alpha value is -3.01. The molecule has 0 bridgehead atoms. The van der Waals surface area contributed by atoms with E-state index in [1.165, 1.54) is 9.80 Å². The summed E-state index contributed by atoms with van der Waals surface area (Å²) in [6.45, 7) is 3.84. The number of morpholine rings is 1. The molecule has 0 aromatic heterocycles. The highest BCUT2D eigenvalue weighted by atomic mass is 79.9. The Balaban J connectivity index is 1.63. The van der Waals surface area contributed by atoms with Crippen LogP contribution in [0.5, 0.6) is 0 Å². The number of carbonyl (C=O) groups is 3. The molecule has 0 saturated carbocycles. The number of aliphatic hydroxyl groups is 1. The predicted molar refractivity (Wildman–Crippen MR) is 134 cm³/mol. The molecule has 9 heteroatoms. The second-order valence-corrected chi connectivity index (χ2v) is 9.83. The van der Waals surface area contributed by atoms with Crippen LogP contribution < -0.4 is 4.90 Å². The van der Waals surface area contributed by atoms with Crippen molar-refractivity contribution in [3.63, 3.8) is 0 Å². The van der Waals surface area contributed by atoms with E-state index in [1.807, 2.05) is 0 Å². The van der Waals surface area contributed by atoms with E-state index in [9.17, 15) is 19.5 Å². The molecule has 2 fully saturated rings. The molecule has 3 aliphatic heterocycles. The summed E-state index contributed by atoms with van der Waals surface area (Å²) in [6, 6.07) is 13.9. The normalized spacial score (nSPS) is 24.0. The maximum absolute atomic E-state index is 14.0. The van der Waals surface area contributed by atoms with Gasteiger partial charge in [-0.1, -0.05) is 46.3 Å². The lowest BCUT2D eigenvalue weighted by molar-refractivity contribution is -0.143. The first-order chi connectivity index (χ1) is 16.9. The van der Waals surface area contributed by atoms with Crippen molar-refractivity contribution in [1.29, 1.82) is 0 Å². The fourth-order valence-electron chi connectivity index (χ4n) is 5.30. The molecule has 182 valence electrons. The lowest BCUT2D eigenvalue weighted by Crippen LogP contribution is -2.52. The molecule has 2 saturated heterocycles. The van der Waals surface area contributed by atoms with Gasteiger partial charge in [0.2, 0.25) is 0 Å². The number of carbonyl (C=O) groups excluding carboxylic acids is 3. The van der Waals surface area contributed by atoms with Crippen molar-refractivity contribution in [3.05, 3.63) is 69.7 Å². The van der Waals surface area contributed by atoms with Crippen molar-refractivity contribution in [2.45, 2.75) is 12.0 Å². The minimum absolute atomic E-state index is 0.182. The van der Waals surface area contributed by atoms with Crippen LogP contribution in [0.2, 0.25) is 0 Å². The zero-order valence-corrected chi connectivity index (χ0v) is 21.0. The Morgan fingerprint density at radius 2 is 1.71 bits per heavy atom. The number of likely N-dealkylation sites (N-methyl/N-ethyl adjacent to an activating group) is 1. The van der Waals surface area contributed by atoms with E-state index >= 15 is 0 Å². The maximum Gasteiger partial charge on any atom is 0.296 e. The molecular weight excluding hydrogens is 514 g/mol. The average molecular weight is 540 g/mol. The minimum atomic E-state index is -1.71. The summed E-state index contributed by atoms with van der Waals surface area (Å²) >= 11 is 3.37. The van der Waals surface area contributed by atoms with Crippen LogP contribution in [-0.2, 0) is 24.7 Å². The van der Waals surface area contributed by atoms with Gasteiger partial charge in [-0.05, 0) is 24.6 Å². The van der Waals surface area contributed by atoms with Crippen molar-refractivity contribution in [2.75, 3.05) is 51.3 Å². The zero-order chi connectivity index (χ0) is 24.7. The molecule has 1 spiro atoms. The van der Waals surface area contributed by atoms with Gasteiger partial charge in [0.05, 0.1) is 18.8 Å². The molecule has 2 amide bonds. The fraction of sp³-hybridized carbons (Fsp3) is 0.346. The van der Waals surface area contributed by atoms with E-state index in [-0.39, 0.29) is 17.9 Å². The van der Waals surface area contributed by atoms with Crippen molar-refractivity contribution < 1.29 is 24.2 Å². The molecule has 1 unspecified atom stereocenters. The molecule has 1 atom stereocenters. The number of ketones is 1. The molecule has 0 radical (unpaired) electrons. The molecule has 3 aliphatic rings. The number of rotatable bonds is 5. The molecule has 1 N–H and O–H groups in total. The Kier molecular flexibility index (Phi) is 6.25. The van der Waals surface area contributed by atoms with Gasteiger partial charge in [0.25, 0.3) is 17.6 Å². The number of hydrogen-bond donors (Lipinski definition) is 1. The highest BCUT2D eigenvalue weighted by Crippen LogP contribution is 2.53. The van der Waals surface area contributed by atoms with Crippen molar-refractivity contribution in [3.8, 4) is 0 Å². The highest BCUT2D eigenvalue weighted by molar-refractivity contribution is 9.10. The van der Waals surface area contributed by atoms with Gasteiger partial charge >= 0.3 is 0 Å². The number of fused-ring (bicyclic) bond motifs is 2. The lowest BCUT2D eigenvalue weighted by atomic mass is 9.82. The van der Waals surface area contributed by atoms with Crippen molar-refractivity contribution in [2.24, 2.45) is 0 Å². The molecule has 0 aliphatic carbocycles. The van der Waals surface area contributed by atoms with E-state index in [1.54, 1.807) is 55.6 Å². The van der Waals surface area contributed by atoms with Crippen LogP contribution in [0.15, 0.2) is 58.6 Å². The smallest absolute Gasteiger partial charge is 0.296 e. The monoisotopic (exact) mass is 539 g/mol. The van der Waals surface area contributed by atoms with E-state index < -0.39 is 23.1 Å². The third-order valence-corrected chi connectivity index (χ3v) is 7.55. The van der Waals surface area contributed by atoms with E-state index in [2.05, 4.69) is 20.8 Å². The molecule has 5 rings (SSSR count). The van der Waals surface area contributed by atoms with Gasteiger partial charge in [-0.25, -0.2) is 0 Å². The summed E-state index contributed by atoms with van der Waals surface area (Å²) in [4.78, 5) is 45.9. The number of Topliss-reactive ketones (excluding diaryl/α,β-unsaturated/α-hetero) is 1. The first kappa shape index (κ1) is 23.7. The van der Waals surface area contributed by atoms with Gasteiger partial charge in [-0.2, -0.15) is 0 Å². The van der Waals surface area contributed by atoms with E-state index in [4.69, 9.17) is 4.74 Å². The molecular formula is C26H26BrN3O5. The minimum Gasteiger partial charge on any atom is -0.507 e. The average Bonchev–Trinajstić information content (AvgIpc) is 3.23. The topological polar surface area (TPSA) is 90.4 Å². The molecule has 3 heterocycles. The number of ether oxygens (including phenoxy) is 1. The van der Waals surface area contributed by atoms with Crippen LogP contribution in [0, 0.1) is 0 Å². The third kappa shape index (κ3) is 3.69. The summed E-state index contributed by atoms with van der Waals surface area (Å²) in [5.41, 5.74) is -0.394. The van der Waals surface area contributed by atoms with Gasteiger partial charge in [0.15, 0.2) is 5.54 Å². The molecule has 2 aromatic rings. The maximum atomic E-state index is 14.0. The second kappa shape index (κ2) is 9.22. The largest absolute Gasteiger partial charge is 0.507 e. The zero-order valence-electron chi connectivity index (χ0n) is 19.4. The number of hydrogen-bond acceptors (Lipinski definition) is 6. The van der Waals surface area contributed by atoms with Gasteiger partial charge in [-0.15, -0.1) is 0 Å². The van der Waals surface area contributed by atoms with E-state index in [0.29, 0.717) is 43.0 Å². The van der Waals surface area contributed by atoms with Crippen molar-refractivity contribution >= 4 is 45.0 Å². The molecule has 35 heavy (non-hydrogen) atoms. The lowest BCUT2D eigenvalue weighted by Gasteiger charge is -2.35. The Morgan fingerprint density at radius 1 is 1.03 bits per heavy atom. The SMILES string of the molecule is CN1C(=O)C2(C(=C(O)c3ccc(Br)cc3)C(=O)C(=O)N2CCCN2CCOCC2)c2ccccc21. The van der Waals surface area contributed by atoms with Crippen LogP contribution in [0.4, 0.5) is 5.69 Å². The Labute approximate surface area is 211 Å². The number of amides is 2. The summed E-state index contributed by atoms with van der Waals surface area (Å²) in [7, 11) is 1.63. The summed E-state index contributed by atoms with van der Waals surface area (Å²) in [5.74, 6) is -2.41. The van der Waals surface area contributed by atoms with Gasteiger partial charge in [0.1, 0.15) is 5.76 Å². The van der Waals surface area contributed by atoms with Gasteiger partial charge < -0.3 is 19.6 Å². The Bertz CT molecular complexity index is 1220. The standard InChI is InChI=1S/C26H26BrN3O5/c1-28-20-6-3-2-5-19(20)26(25(28)34)21(22(31)17-7-9-18(27)10-8-17)23(32)24(33)30(26)12-4-11-29-13-15-35-16-14-29/h2-3,5-10,31H,4,11-16H2,1H3.